The van der Waals surface area contributed by atoms with Gasteiger partial charge in [-0.05, 0) is 38.4 Å². The second-order valence-electron chi connectivity index (χ2n) is 5.86. The minimum Gasteiger partial charge on any atom is -0.357 e. The Morgan fingerprint density at radius 2 is 1.77 bits per heavy atom. The lowest BCUT2D eigenvalue weighted by atomic mass is 10.2. The van der Waals surface area contributed by atoms with Crippen LogP contribution in [0.25, 0.3) is 0 Å². The maximum Gasteiger partial charge on any atom is 0.191 e. The van der Waals surface area contributed by atoms with Crippen molar-refractivity contribution >= 4 is 5.96 Å². The summed E-state index contributed by atoms with van der Waals surface area (Å²) in [7, 11) is 0. The van der Waals surface area contributed by atoms with E-state index in [-0.39, 0.29) is 0 Å². The summed E-state index contributed by atoms with van der Waals surface area (Å²) >= 11 is 0. The highest BCUT2D eigenvalue weighted by Gasteiger charge is 2.08. The van der Waals surface area contributed by atoms with Gasteiger partial charge in [-0.2, -0.15) is 0 Å². The molecule has 0 bridgehead atoms. The van der Waals surface area contributed by atoms with E-state index in [4.69, 9.17) is 0 Å². The third-order valence-electron chi connectivity index (χ3n) is 4.03. The number of nitrogens with one attached hydrogen (secondary N) is 2. The van der Waals surface area contributed by atoms with E-state index in [2.05, 4.69) is 51.7 Å². The van der Waals surface area contributed by atoms with Crippen LogP contribution in [0.15, 0.2) is 35.3 Å². The van der Waals surface area contributed by atoms with Gasteiger partial charge in [0.15, 0.2) is 5.96 Å². The van der Waals surface area contributed by atoms with E-state index in [1.165, 1.54) is 44.3 Å². The Bertz CT molecular complexity index is 422. The largest absolute Gasteiger partial charge is 0.357 e. The number of guanidine groups is 1. The molecular formula is C18H30N4. The fourth-order valence-electron chi connectivity index (χ4n) is 2.79. The van der Waals surface area contributed by atoms with Gasteiger partial charge in [-0.3, -0.25) is 0 Å². The highest BCUT2D eigenvalue weighted by molar-refractivity contribution is 5.79. The zero-order valence-corrected chi connectivity index (χ0v) is 13.9. The minimum atomic E-state index is 0.722. The van der Waals surface area contributed by atoms with Crippen molar-refractivity contribution in [3.8, 4) is 0 Å². The summed E-state index contributed by atoms with van der Waals surface area (Å²) in [4.78, 5) is 7.23. The van der Waals surface area contributed by atoms with Crippen LogP contribution >= 0.6 is 0 Å². The lowest BCUT2D eigenvalue weighted by Gasteiger charge is -2.20. The lowest BCUT2D eigenvalue weighted by Crippen LogP contribution is -2.41. The molecule has 0 radical (unpaired) electrons. The maximum absolute atomic E-state index is 4.66. The van der Waals surface area contributed by atoms with Gasteiger partial charge < -0.3 is 15.5 Å². The number of rotatable bonds is 6. The molecule has 2 N–H and O–H groups in total. The number of hydrogen-bond acceptors (Lipinski definition) is 2. The van der Waals surface area contributed by atoms with Crippen LogP contribution in [-0.2, 0) is 6.54 Å². The van der Waals surface area contributed by atoms with Gasteiger partial charge >= 0.3 is 0 Å². The first kappa shape index (κ1) is 16.8. The highest BCUT2D eigenvalue weighted by Crippen LogP contribution is 2.08. The molecule has 0 saturated carbocycles. The maximum atomic E-state index is 4.66. The van der Waals surface area contributed by atoms with Crippen molar-refractivity contribution in [1.82, 2.24) is 15.5 Å². The summed E-state index contributed by atoms with van der Waals surface area (Å²) in [6.07, 6.45) is 5.49. The SMILES string of the molecule is CCNC(=NCc1ccccc1)NCCN1CCCCCC1. The predicted octanol–water partition coefficient (Wildman–Crippen LogP) is 2.62. The molecule has 1 saturated heterocycles. The predicted molar refractivity (Wildman–Crippen MR) is 94.2 cm³/mol. The van der Waals surface area contributed by atoms with Crippen LogP contribution in [0.5, 0.6) is 0 Å². The topological polar surface area (TPSA) is 39.7 Å². The molecule has 2 rings (SSSR count). The monoisotopic (exact) mass is 302 g/mol. The van der Waals surface area contributed by atoms with Crippen LogP contribution in [0.4, 0.5) is 0 Å². The molecule has 1 aliphatic heterocycles. The molecule has 1 aromatic carbocycles. The van der Waals surface area contributed by atoms with Crippen molar-refractivity contribution in [3.63, 3.8) is 0 Å². The number of likely N-dealkylation sites (tertiary alicyclic amines) is 1. The van der Waals surface area contributed by atoms with Crippen molar-refractivity contribution < 1.29 is 0 Å². The molecule has 4 heteroatoms. The van der Waals surface area contributed by atoms with Crippen LogP contribution in [0.3, 0.4) is 0 Å². The summed E-state index contributed by atoms with van der Waals surface area (Å²) in [6.45, 7) is 8.29. The van der Waals surface area contributed by atoms with Gasteiger partial charge in [0.25, 0.3) is 0 Å². The molecule has 0 aromatic heterocycles. The Labute approximate surface area is 135 Å². The first-order chi connectivity index (χ1) is 10.9. The molecule has 0 spiro atoms. The number of hydrogen-bond donors (Lipinski definition) is 2. The standard InChI is InChI=1S/C18H30N4/c1-2-19-18(21-16-17-10-6-5-7-11-17)20-12-15-22-13-8-3-4-9-14-22/h5-7,10-11H,2-4,8-9,12-16H2,1H3,(H2,19,20,21). The third kappa shape index (κ3) is 6.48. The second-order valence-corrected chi connectivity index (χ2v) is 5.86. The zero-order valence-electron chi connectivity index (χ0n) is 13.9. The van der Waals surface area contributed by atoms with E-state index in [0.29, 0.717) is 0 Å². The molecule has 22 heavy (non-hydrogen) atoms. The molecule has 1 fully saturated rings. The quantitative estimate of drug-likeness (QED) is 0.627. The fraction of sp³-hybridized carbons (Fsp3) is 0.611. The van der Waals surface area contributed by atoms with Crippen LogP contribution in [0.2, 0.25) is 0 Å². The summed E-state index contributed by atoms with van der Waals surface area (Å²) in [5.41, 5.74) is 1.24. The number of nitrogens with zero attached hydrogens (tertiary/aromatic N) is 2. The third-order valence-corrected chi connectivity index (χ3v) is 4.03. The molecule has 0 aliphatic carbocycles. The number of aliphatic imine (C=N–C) groups is 1. The first-order valence-corrected chi connectivity index (χ1v) is 8.67. The van der Waals surface area contributed by atoms with E-state index < -0.39 is 0 Å². The van der Waals surface area contributed by atoms with Crippen LogP contribution in [0, 0.1) is 0 Å². The smallest absolute Gasteiger partial charge is 0.191 e. The van der Waals surface area contributed by atoms with Gasteiger partial charge in [-0.1, -0.05) is 43.2 Å². The molecule has 4 nitrogen and oxygen atoms in total. The Morgan fingerprint density at radius 1 is 1.05 bits per heavy atom. The van der Waals surface area contributed by atoms with E-state index in [1.54, 1.807) is 0 Å². The van der Waals surface area contributed by atoms with E-state index in [0.717, 1.165) is 32.1 Å². The average Bonchev–Trinajstić information content (AvgIpc) is 2.82. The van der Waals surface area contributed by atoms with Crippen molar-refractivity contribution in [2.45, 2.75) is 39.2 Å². The summed E-state index contributed by atoms with van der Waals surface area (Å²) in [5, 5.41) is 6.78. The Kier molecular flexibility index (Phi) is 7.81. The van der Waals surface area contributed by atoms with E-state index in [9.17, 15) is 0 Å². The summed E-state index contributed by atoms with van der Waals surface area (Å²) in [6, 6.07) is 10.4. The molecule has 122 valence electrons. The van der Waals surface area contributed by atoms with Gasteiger partial charge in [0, 0.05) is 19.6 Å². The Balaban J connectivity index is 1.75. The van der Waals surface area contributed by atoms with Gasteiger partial charge in [-0.25, -0.2) is 4.99 Å². The van der Waals surface area contributed by atoms with Crippen molar-refractivity contribution in [1.29, 1.82) is 0 Å². The Hall–Kier alpha value is -1.55. The number of benzene rings is 1. The van der Waals surface area contributed by atoms with Crippen molar-refractivity contribution in [2.75, 3.05) is 32.7 Å². The molecule has 0 unspecified atom stereocenters. The van der Waals surface area contributed by atoms with E-state index in [1.807, 2.05) is 6.07 Å². The first-order valence-electron chi connectivity index (χ1n) is 8.67. The van der Waals surface area contributed by atoms with Crippen LogP contribution < -0.4 is 10.6 Å². The van der Waals surface area contributed by atoms with Crippen LogP contribution in [-0.4, -0.2) is 43.6 Å². The van der Waals surface area contributed by atoms with E-state index >= 15 is 0 Å². The zero-order chi connectivity index (χ0) is 15.5. The highest BCUT2D eigenvalue weighted by atomic mass is 15.2. The van der Waals surface area contributed by atoms with Crippen molar-refractivity contribution in [2.24, 2.45) is 4.99 Å². The molecule has 0 atom stereocenters. The van der Waals surface area contributed by atoms with Gasteiger partial charge in [0.1, 0.15) is 0 Å². The normalized spacial score (nSPS) is 17.0. The molecular weight excluding hydrogens is 272 g/mol. The average molecular weight is 302 g/mol. The van der Waals surface area contributed by atoms with Crippen LogP contribution in [0.1, 0.15) is 38.2 Å². The lowest BCUT2D eigenvalue weighted by molar-refractivity contribution is 0.289. The molecule has 0 amide bonds. The van der Waals surface area contributed by atoms with Gasteiger partial charge in [0.2, 0.25) is 0 Å². The summed E-state index contributed by atoms with van der Waals surface area (Å²) in [5.74, 6) is 0.918. The Morgan fingerprint density at radius 3 is 2.45 bits per heavy atom. The molecule has 1 aliphatic rings. The van der Waals surface area contributed by atoms with Crippen molar-refractivity contribution in [3.05, 3.63) is 35.9 Å². The summed E-state index contributed by atoms with van der Waals surface area (Å²) < 4.78 is 0. The minimum absolute atomic E-state index is 0.722. The van der Waals surface area contributed by atoms with Gasteiger partial charge in [-0.15, -0.1) is 0 Å². The fourth-order valence-corrected chi connectivity index (χ4v) is 2.79. The second kappa shape index (κ2) is 10.2. The molecule has 1 heterocycles. The molecule has 1 aromatic rings. The van der Waals surface area contributed by atoms with Gasteiger partial charge in [0.05, 0.1) is 6.54 Å².